The van der Waals surface area contributed by atoms with E-state index in [1.165, 1.54) is 66.2 Å². The van der Waals surface area contributed by atoms with E-state index in [0.717, 1.165) is 22.1 Å². The largest absolute Gasteiger partial charge is 1.00 e. The number of imidazole rings is 3. The summed E-state index contributed by atoms with van der Waals surface area (Å²) in [5, 5.41) is 29.4. The van der Waals surface area contributed by atoms with Crippen LogP contribution in [0.15, 0.2) is 37.6 Å². The fourth-order valence-corrected chi connectivity index (χ4v) is 10.1. The molecule has 9 atom stereocenters. The Morgan fingerprint density at radius 1 is 0.505 bits per heavy atom. The summed E-state index contributed by atoms with van der Waals surface area (Å²) < 4.78 is 44.4. The van der Waals surface area contributed by atoms with Gasteiger partial charge in [0, 0.05) is 50.9 Å². The summed E-state index contributed by atoms with van der Waals surface area (Å²) in [5.41, 5.74) is -3.40. The van der Waals surface area contributed by atoms with Crippen molar-refractivity contribution in [3.8, 4) is 0 Å². The second kappa shape index (κ2) is 40.8. The molecule has 588 valence electrons. The van der Waals surface area contributed by atoms with E-state index in [0.29, 0.717) is 36.7 Å². The summed E-state index contributed by atoms with van der Waals surface area (Å²) in [6.45, 7) is 38.2. The van der Waals surface area contributed by atoms with Gasteiger partial charge >= 0.3 is 79.3 Å². The van der Waals surface area contributed by atoms with Crippen LogP contribution in [0.2, 0.25) is 0 Å². The topological polar surface area (TPSA) is 457 Å². The van der Waals surface area contributed by atoms with E-state index in [4.69, 9.17) is 33.2 Å². The van der Waals surface area contributed by atoms with Crippen molar-refractivity contribution < 1.29 is 130 Å². The molecule has 3 fully saturated rings. The number of amides is 5. The molecule has 37 heteroatoms. The number of likely N-dealkylation sites (tertiary alicyclic amines) is 2. The number of carboxylic acid groups (broad SMARTS) is 2. The first kappa shape index (κ1) is 96.5. The fraction of sp³-hybridized carbons (Fsp3) is 0.691. The number of carboxylic acids is 2. The summed E-state index contributed by atoms with van der Waals surface area (Å²) >= 11 is 0. The third kappa shape index (κ3) is 35.0. The van der Waals surface area contributed by atoms with E-state index >= 15 is 0 Å². The SMILES string of the molecule is CC(C)(C)OC(=O)NC(Cc1cncn1C(=O)OC(C)(C)C)C(=O)O.COC(=O)[C@@H]1C[C@H](C)CN1.COC(=O)[C@@H]1C[C@H](C)CN1C(=O)[C@@H](Cc1cn(C(=O)OC(C)(C)C)cn1)NC(=O)OC(C)(C)C.C[C@H]1C[C@@H](C(=O)O)N(C(=O)[C@@H](Cc2cn(C(=O)OC(C)(C)C)cn2)NC(=O)OC(C)(C)C)C1.Cl.[Li+].[OH-]. The number of esters is 2. The predicted molar refractivity (Wildman–Crippen MR) is 375 cm³/mol. The average molecular weight is 1510 g/mol. The second-order valence-corrected chi connectivity index (χ2v) is 31.2. The maximum atomic E-state index is 13.5. The Kier molecular flexibility index (Phi) is 37.5. The standard InChI is InChI=1S/C23H36N4O7.C22H34N4O7.C16H25N3O6.C7H13NO2.ClH.Li.H2O/c1-14-9-17(19(29)32-8)27(11-14)18(28)16(25-20(30)33-22(2,3)4)10-15-12-26(13-24-15)21(31)34-23(5,6)7;1-13-8-16(18(28)29)26(10-13)17(27)15(24-19(30)32-21(2,3)4)9-14-11-25(12-23-14)20(31)33-22(5,6)7;1-15(2,3)24-13(22)18-11(12(20)21)7-10-8-17-9-19(10)14(23)25-16(4,5)6;1-5-3-6(8-4-5)7(9)10-2;;;/h12-14,16-17H,9-11H2,1-8H3,(H,25,30);11-13,15-16H,8-10H2,1-7H3,(H,24,30)(H,28,29);8-9,11H,7H2,1-6H3,(H,18,22)(H,20,21);5-6,8H,3-4H2,1-2H3;1H;;1H2/q;;;;;+1;/p-1/t14-,16+,17-;13-,15+,16-;;5-,6-;;;/m00.0.../s1. The zero-order valence-electron chi connectivity index (χ0n) is 65.0. The molecular weight excluding hydrogens is 1400 g/mol. The predicted octanol–water partition coefficient (Wildman–Crippen LogP) is 4.53. The maximum Gasteiger partial charge on any atom is 1.00 e. The molecule has 105 heavy (non-hydrogen) atoms. The van der Waals surface area contributed by atoms with Crippen LogP contribution in [0.5, 0.6) is 0 Å². The number of rotatable bonds is 15. The van der Waals surface area contributed by atoms with Gasteiger partial charge in [0.15, 0.2) is 0 Å². The van der Waals surface area contributed by atoms with Crippen LogP contribution in [-0.4, -0.2) is 230 Å². The molecule has 0 radical (unpaired) electrons. The molecule has 5 amide bonds. The van der Waals surface area contributed by atoms with Gasteiger partial charge in [0.25, 0.3) is 0 Å². The van der Waals surface area contributed by atoms with Crippen LogP contribution in [0.25, 0.3) is 0 Å². The van der Waals surface area contributed by atoms with E-state index in [1.54, 1.807) is 125 Å². The number of halogens is 1. The van der Waals surface area contributed by atoms with Crippen molar-refractivity contribution in [1.82, 2.24) is 59.7 Å². The zero-order chi connectivity index (χ0) is 78.0. The minimum Gasteiger partial charge on any atom is -0.870 e. The third-order valence-electron chi connectivity index (χ3n) is 14.2. The quantitative estimate of drug-likeness (QED) is 0.0691. The molecule has 0 saturated carbocycles. The van der Waals surface area contributed by atoms with Crippen molar-refractivity contribution in [2.75, 3.05) is 33.9 Å². The van der Waals surface area contributed by atoms with Crippen LogP contribution < -0.4 is 40.1 Å². The number of carbonyl (C=O) groups excluding carboxylic acids is 10. The molecule has 35 nitrogen and oxygen atoms in total. The fourth-order valence-electron chi connectivity index (χ4n) is 10.1. The number of hydrogen-bond donors (Lipinski definition) is 6. The van der Waals surface area contributed by atoms with Crippen molar-refractivity contribution in [3.05, 3.63) is 54.7 Å². The van der Waals surface area contributed by atoms with Crippen molar-refractivity contribution in [2.24, 2.45) is 17.8 Å². The van der Waals surface area contributed by atoms with E-state index in [1.807, 2.05) is 13.8 Å². The monoisotopic (exact) mass is 1500 g/mol. The minimum atomic E-state index is -1.28. The molecule has 6 heterocycles. The van der Waals surface area contributed by atoms with Crippen LogP contribution in [0.4, 0.5) is 28.8 Å². The van der Waals surface area contributed by atoms with Crippen molar-refractivity contribution in [3.63, 3.8) is 0 Å². The number of nitrogens with zero attached hydrogens (tertiary/aromatic N) is 8. The number of aromatic nitrogens is 6. The summed E-state index contributed by atoms with van der Waals surface area (Å²) in [6, 6.07) is -5.26. The molecule has 0 bridgehead atoms. The second-order valence-electron chi connectivity index (χ2n) is 31.2. The van der Waals surface area contributed by atoms with Crippen LogP contribution >= 0.6 is 12.4 Å². The molecule has 0 aromatic carbocycles. The Hall–Kier alpha value is -8.52. The van der Waals surface area contributed by atoms with E-state index in [2.05, 4.69) is 47.9 Å². The number of methoxy groups -OCH3 is 2. The molecule has 3 aromatic heterocycles. The Morgan fingerprint density at radius 3 is 1.21 bits per heavy atom. The zero-order valence-corrected chi connectivity index (χ0v) is 65.8. The van der Waals surface area contributed by atoms with Gasteiger partial charge in [0.2, 0.25) is 11.8 Å². The number of carbonyl (C=O) groups is 12. The van der Waals surface area contributed by atoms with Gasteiger partial charge in [0.1, 0.15) is 88.8 Å². The van der Waals surface area contributed by atoms with Gasteiger partial charge in [-0.15, -0.1) is 12.4 Å². The summed E-state index contributed by atoms with van der Waals surface area (Å²) in [6.07, 6.45) is 5.04. The molecule has 3 aromatic rings. The van der Waals surface area contributed by atoms with Crippen LogP contribution in [0, 0.1) is 17.8 Å². The molecule has 7 N–H and O–H groups in total. The number of nitrogens with one attached hydrogen (secondary N) is 4. The van der Waals surface area contributed by atoms with E-state index in [-0.39, 0.29) is 92.1 Å². The van der Waals surface area contributed by atoms with Gasteiger partial charge in [-0.3, -0.25) is 14.4 Å². The first-order valence-corrected chi connectivity index (χ1v) is 33.4. The van der Waals surface area contributed by atoms with Gasteiger partial charge in [-0.25, -0.2) is 71.8 Å². The first-order valence-electron chi connectivity index (χ1n) is 33.4. The Morgan fingerprint density at radius 2 is 0.867 bits per heavy atom. The minimum absolute atomic E-state index is 0. The summed E-state index contributed by atoms with van der Waals surface area (Å²) in [7, 11) is 2.70. The molecule has 0 aliphatic carbocycles. The summed E-state index contributed by atoms with van der Waals surface area (Å²) in [4.78, 5) is 161. The van der Waals surface area contributed by atoms with E-state index < -0.39 is 130 Å². The van der Waals surface area contributed by atoms with Crippen LogP contribution in [0.3, 0.4) is 0 Å². The normalized spacial score (nSPS) is 18.6. The molecule has 3 saturated heterocycles. The average Bonchev–Trinajstić information content (AvgIpc) is 1.71. The number of aliphatic carboxylic acids is 2. The Labute approximate surface area is 631 Å². The smallest absolute Gasteiger partial charge is 0.870 e. The Bertz CT molecular complexity index is 3410. The van der Waals surface area contributed by atoms with Crippen molar-refractivity contribution in [2.45, 2.75) is 254 Å². The molecule has 3 aliphatic rings. The first-order chi connectivity index (χ1) is 46.7. The van der Waals surface area contributed by atoms with Crippen molar-refractivity contribution in [1.29, 1.82) is 0 Å². The van der Waals surface area contributed by atoms with Gasteiger partial charge in [-0.2, -0.15) is 0 Å². The number of ether oxygens (including phenoxy) is 8. The molecule has 3 aliphatic heterocycles. The summed E-state index contributed by atoms with van der Waals surface area (Å²) in [5.74, 6) is -3.33. The van der Waals surface area contributed by atoms with Crippen LogP contribution in [0.1, 0.15) is 182 Å². The molecule has 6 rings (SSSR count). The Balaban J connectivity index is 0.00000144. The van der Waals surface area contributed by atoms with Crippen molar-refractivity contribution >= 4 is 84.7 Å². The number of alkyl carbamates (subject to hydrolysis) is 3. The molecule has 1 unspecified atom stereocenters. The molecular formula is C68H110ClLiN12O23. The molecule has 0 spiro atoms. The van der Waals surface area contributed by atoms with Gasteiger partial charge in [0.05, 0.1) is 31.3 Å². The maximum absolute atomic E-state index is 13.5. The van der Waals surface area contributed by atoms with Gasteiger partial charge in [-0.05, 0) is 168 Å². The number of hydrogen-bond acceptors (Lipinski definition) is 25. The van der Waals surface area contributed by atoms with Crippen LogP contribution in [-0.2, 0) is 85.9 Å². The van der Waals surface area contributed by atoms with E-state index in [9.17, 15) is 67.7 Å². The van der Waals surface area contributed by atoms with Gasteiger partial charge < -0.3 is 84.7 Å². The third-order valence-corrected chi connectivity index (χ3v) is 14.2. The van der Waals surface area contributed by atoms with Gasteiger partial charge in [-0.1, -0.05) is 20.8 Å².